The molecule has 1 atom stereocenters. The van der Waals surface area contributed by atoms with Gasteiger partial charge in [-0.25, -0.2) is 4.79 Å². The molecule has 0 saturated carbocycles. The highest BCUT2D eigenvalue weighted by Crippen LogP contribution is 2.27. The number of rotatable bonds is 4. The average Bonchev–Trinajstić information content (AvgIpc) is 2.76. The molecule has 126 valence electrons. The monoisotopic (exact) mass is 319 g/mol. The van der Waals surface area contributed by atoms with Crippen LogP contribution in [-0.2, 0) is 4.79 Å². The second kappa shape index (κ2) is 6.89. The molecule has 23 heavy (non-hydrogen) atoms. The van der Waals surface area contributed by atoms with Crippen molar-refractivity contribution in [3.05, 3.63) is 23.3 Å². The van der Waals surface area contributed by atoms with Crippen molar-refractivity contribution in [3.63, 3.8) is 0 Å². The van der Waals surface area contributed by atoms with Crippen molar-refractivity contribution >= 4 is 17.6 Å². The van der Waals surface area contributed by atoms with Crippen LogP contribution in [0.25, 0.3) is 0 Å². The molecule has 3 amide bonds. The molecular weight excluding hydrogens is 294 g/mol. The van der Waals surface area contributed by atoms with Crippen LogP contribution in [0.1, 0.15) is 17.5 Å². The number of hydrogen-bond donors (Lipinski definition) is 1. The van der Waals surface area contributed by atoms with Crippen LogP contribution in [0.3, 0.4) is 0 Å². The van der Waals surface area contributed by atoms with Crippen LogP contribution in [0.4, 0.5) is 10.5 Å². The number of benzene rings is 1. The first-order valence-corrected chi connectivity index (χ1v) is 7.73. The molecule has 1 aliphatic rings. The van der Waals surface area contributed by atoms with E-state index in [1.165, 1.54) is 0 Å². The predicted octanol–water partition coefficient (Wildman–Crippen LogP) is 2.25. The van der Waals surface area contributed by atoms with Gasteiger partial charge in [0.05, 0.1) is 7.11 Å². The Labute approximate surface area is 137 Å². The molecule has 1 saturated heterocycles. The van der Waals surface area contributed by atoms with Crippen LogP contribution >= 0.6 is 0 Å². The van der Waals surface area contributed by atoms with Crippen molar-refractivity contribution in [3.8, 4) is 5.75 Å². The van der Waals surface area contributed by atoms with E-state index in [0.717, 1.165) is 22.6 Å². The molecule has 1 aliphatic heterocycles. The van der Waals surface area contributed by atoms with E-state index in [4.69, 9.17) is 4.74 Å². The Morgan fingerprint density at radius 3 is 2.48 bits per heavy atom. The highest BCUT2D eigenvalue weighted by molar-refractivity contribution is 5.89. The molecule has 1 fully saturated rings. The maximum Gasteiger partial charge on any atom is 0.321 e. The van der Waals surface area contributed by atoms with Gasteiger partial charge in [-0.15, -0.1) is 0 Å². The number of anilines is 1. The van der Waals surface area contributed by atoms with Crippen molar-refractivity contribution < 1.29 is 14.3 Å². The third-order valence-corrected chi connectivity index (χ3v) is 4.22. The van der Waals surface area contributed by atoms with Crippen LogP contribution in [0.2, 0.25) is 0 Å². The fourth-order valence-electron chi connectivity index (χ4n) is 3.11. The lowest BCUT2D eigenvalue weighted by Crippen LogP contribution is -2.36. The zero-order valence-corrected chi connectivity index (χ0v) is 14.5. The largest absolute Gasteiger partial charge is 0.496 e. The number of carbonyl (C=O) groups is 2. The molecular formula is C17H25N3O3. The molecule has 0 bridgehead atoms. The number of ether oxygens (including phenoxy) is 1. The normalized spacial score (nSPS) is 17.3. The van der Waals surface area contributed by atoms with Gasteiger partial charge >= 0.3 is 6.03 Å². The first kappa shape index (κ1) is 17.1. The Balaban J connectivity index is 1.97. The van der Waals surface area contributed by atoms with Gasteiger partial charge in [0.1, 0.15) is 5.75 Å². The predicted molar refractivity (Wildman–Crippen MR) is 89.9 cm³/mol. The lowest BCUT2D eigenvalue weighted by molar-refractivity contribution is -0.126. The number of hydrogen-bond acceptors (Lipinski definition) is 3. The lowest BCUT2D eigenvalue weighted by atomic mass is 10.1. The summed E-state index contributed by atoms with van der Waals surface area (Å²) in [6.07, 6.45) is 0.509. The first-order chi connectivity index (χ1) is 10.8. The summed E-state index contributed by atoms with van der Waals surface area (Å²) >= 11 is 0. The SMILES string of the molecule is COc1c(C)cc(NC(=O)N(C)CC2CC(=O)N(C)C2)cc1C. The molecule has 0 spiro atoms. The fourth-order valence-corrected chi connectivity index (χ4v) is 3.11. The number of aryl methyl sites for hydroxylation is 2. The van der Waals surface area contributed by atoms with Crippen LogP contribution in [0.15, 0.2) is 12.1 Å². The van der Waals surface area contributed by atoms with Crippen molar-refractivity contribution in [1.29, 1.82) is 0 Å². The molecule has 1 aromatic carbocycles. The maximum atomic E-state index is 12.3. The zero-order valence-electron chi connectivity index (χ0n) is 14.5. The average molecular weight is 319 g/mol. The molecule has 1 aromatic rings. The second-order valence-electron chi connectivity index (χ2n) is 6.30. The van der Waals surface area contributed by atoms with E-state index >= 15 is 0 Å². The van der Waals surface area contributed by atoms with E-state index in [2.05, 4.69) is 5.32 Å². The van der Waals surface area contributed by atoms with Gasteiger partial charge < -0.3 is 19.9 Å². The first-order valence-electron chi connectivity index (χ1n) is 7.73. The lowest BCUT2D eigenvalue weighted by Gasteiger charge is -2.22. The van der Waals surface area contributed by atoms with Gasteiger partial charge in [0.2, 0.25) is 5.91 Å². The summed E-state index contributed by atoms with van der Waals surface area (Å²) in [5, 5.41) is 2.90. The summed E-state index contributed by atoms with van der Waals surface area (Å²) in [6, 6.07) is 3.62. The summed E-state index contributed by atoms with van der Waals surface area (Å²) in [6.45, 7) is 5.17. The minimum atomic E-state index is -0.170. The summed E-state index contributed by atoms with van der Waals surface area (Å²) in [5.74, 6) is 1.18. The molecule has 1 unspecified atom stereocenters. The number of carbonyl (C=O) groups excluding carboxylic acids is 2. The summed E-state index contributed by atoms with van der Waals surface area (Å²) < 4.78 is 5.33. The highest BCUT2D eigenvalue weighted by Gasteiger charge is 2.28. The maximum absolute atomic E-state index is 12.3. The zero-order chi connectivity index (χ0) is 17.1. The Morgan fingerprint density at radius 2 is 2.00 bits per heavy atom. The second-order valence-corrected chi connectivity index (χ2v) is 6.30. The van der Waals surface area contributed by atoms with Gasteiger partial charge in [0.15, 0.2) is 0 Å². The van der Waals surface area contributed by atoms with Crippen molar-refractivity contribution in [2.24, 2.45) is 5.92 Å². The molecule has 6 nitrogen and oxygen atoms in total. The standard InChI is InChI=1S/C17H25N3O3/c1-11-6-14(7-12(2)16(11)23-5)18-17(22)20(4)10-13-8-15(21)19(3)9-13/h6-7,13H,8-10H2,1-5H3,(H,18,22). The van der Waals surface area contributed by atoms with Gasteiger partial charge in [0, 0.05) is 45.2 Å². The minimum absolute atomic E-state index is 0.144. The van der Waals surface area contributed by atoms with E-state index in [9.17, 15) is 9.59 Å². The van der Waals surface area contributed by atoms with E-state index in [1.54, 1.807) is 31.0 Å². The van der Waals surface area contributed by atoms with Gasteiger partial charge in [-0.05, 0) is 37.1 Å². The summed E-state index contributed by atoms with van der Waals surface area (Å²) in [4.78, 5) is 27.2. The number of urea groups is 1. The molecule has 0 aliphatic carbocycles. The Morgan fingerprint density at radius 1 is 1.39 bits per heavy atom. The minimum Gasteiger partial charge on any atom is -0.496 e. The Kier molecular flexibility index (Phi) is 5.13. The number of amides is 3. The van der Waals surface area contributed by atoms with Gasteiger partial charge in [-0.1, -0.05) is 0 Å². The number of nitrogens with zero attached hydrogens (tertiary/aromatic N) is 2. The molecule has 1 heterocycles. The molecule has 6 heteroatoms. The summed E-state index contributed by atoms with van der Waals surface area (Å²) in [5.41, 5.74) is 2.71. The van der Waals surface area contributed by atoms with Gasteiger partial charge in [-0.3, -0.25) is 4.79 Å². The third kappa shape index (κ3) is 3.94. The Bertz CT molecular complexity index is 592. The topological polar surface area (TPSA) is 61.9 Å². The molecule has 1 N–H and O–H groups in total. The fraction of sp³-hybridized carbons (Fsp3) is 0.529. The van der Waals surface area contributed by atoms with E-state index in [0.29, 0.717) is 19.5 Å². The van der Waals surface area contributed by atoms with E-state index in [-0.39, 0.29) is 17.9 Å². The number of methoxy groups -OCH3 is 1. The summed E-state index contributed by atoms with van der Waals surface area (Å²) in [7, 11) is 5.19. The third-order valence-electron chi connectivity index (χ3n) is 4.22. The van der Waals surface area contributed by atoms with Crippen LogP contribution in [0, 0.1) is 19.8 Å². The van der Waals surface area contributed by atoms with Crippen LogP contribution in [0.5, 0.6) is 5.75 Å². The molecule has 2 rings (SSSR count). The van der Waals surface area contributed by atoms with Crippen molar-refractivity contribution in [1.82, 2.24) is 9.80 Å². The Hall–Kier alpha value is -2.24. The van der Waals surface area contributed by atoms with Crippen LogP contribution in [-0.4, -0.2) is 56.0 Å². The van der Waals surface area contributed by atoms with E-state index in [1.807, 2.05) is 26.0 Å². The van der Waals surface area contributed by atoms with Gasteiger partial charge in [-0.2, -0.15) is 0 Å². The molecule has 0 radical (unpaired) electrons. The smallest absolute Gasteiger partial charge is 0.321 e. The van der Waals surface area contributed by atoms with Gasteiger partial charge in [0.25, 0.3) is 0 Å². The number of likely N-dealkylation sites (tertiary alicyclic amines) is 1. The molecule has 0 aromatic heterocycles. The van der Waals surface area contributed by atoms with Crippen molar-refractivity contribution in [2.75, 3.05) is 39.6 Å². The highest BCUT2D eigenvalue weighted by atomic mass is 16.5. The number of nitrogens with one attached hydrogen (secondary N) is 1. The van der Waals surface area contributed by atoms with E-state index < -0.39 is 0 Å². The van der Waals surface area contributed by atoms with Crippen molar-refractivity contribution in [2.45, 2.75) is 20.3 Å². The van der Waals surface area contributed by atoms with Crippen LogP contribution < -0.4 is 10.1 Å². The quantitative estimate of drug-likeness (QED) is 0.926.